The number of amides is 1. The van der Waals surface area contributed by atoms with Crippen molar-refractivity contribution < 1.29 is 9.53 Å². The summed E-state index contributed by atoms with van der Waals surface area (Å²) in [5, 5.41) is 17.8. The first-order valence-electron chi connectivity index (χ1n) is 8.12. The number of hydrogen-bond donors (Lipinski definition) is 0. The van der Waals surface area contributed by atoms with Gasteiger partial charge in [0.1, 0.15) is 17.2 Å². The zero-order valence-corrected chi connectivity index (χ0v) is 15.3. The van der Waals surface area contributed by atoms with Gasteiger partial charge >= 0.3 is 6.09 Å². The lowest BCUT2D eigenvalue weighted by Crippen LogP contribution is -2.55. The standard InChI is InChI=1S/C17H25N5O2/c1-11-10-21(7-8-22(11)16(23)24-17(4,5)6)15-14(9-18)12(2)13(3)19-20-15/h11H,7-8,10H2,1-6H3/t11-/m1/s1. The van der Waals surface area contributed by atoms with E-state index in [1.165, 1.54) is 0 Å². The molecule has 0 aliphatic carbocycles. The largest absolute Gasteiger partial charge is 0.444 e. The fourth-order valence-corrected chi connectivity index (χ4v) is 2.69. The Kier molecular flexibility index (Phi) is 4.97. The van der Waals surface area contributed by atoms with E-state index >= 15 is 0 Å². The average Bonchev–Trinajstić information content (AvgIpc) is 2.47. The normalized spacial score (nSPS) is 18.3. The van der Waals surface area contributed by atoms with Gasteiger partial charge in [-0.1, -0.05) is 0 Å². The van der Waals surface area contributed by atoms with E-state index in [-0.39, 0.29) is 12.1 Å². The second-order valence-electron chi connectivity index (χ2n) is 7.19. The number of anilines is 1. The number of nitriles is 1. The molecule has 2 rings (SSSR count). The van der Waals surface area contributed by atoms with E-state index in [4.69, 9.17) is 4.74 Å². The number of nitrogens with zero attached hydrogens (tertiary/aromatic N) is 5. The summed E-state index contributed by atoms with van der Waals surface area (Å²) in [7, 11) is 0. The first-order valence-corrected chi connectivity index (χ1v) is 8.12. The Labute approximate surface area is 143 Å². The topological polar surface area (TPSA) is 82.3 Å². The number of aryl methyl sites for hydroxylation is 1. The highest BCUT2D eigenvalue weighted by Gasteiger charge is 2.32. The summed E-state index contributed by atoms with van der Waals surface area (Å²) < 4.78 is 5.46. The highest BCUT2D eigenvalue weighted by Crippen LogP contribution is 2.24. The minimum Gasteiger partial charge on any atom is -0.444 e. The smallest absolute Gasteiger partial charge is 0.410 e. The summed E-state index contributed by atoms with van der Waals surface area (Å²) in [4.78, 5) is 16.0. The van der Waals surface area contributed by atoms with Crippen molar-refractivity contribution in [3.63, 3.8) is 0 Å². The summed E-state index contributed by atoms with van der Waals surface area (Å²) in [6.07, 6.45) is -0.304. The highest BCUT2D eigenvalue weighted by molar-refractivity contribution is 5.69. The van der Waals surface area contributed by atoms with Crippen molar-refractivity contribution in [3.8, 4) is 6.07 Å². The van der Waals surface area contributed by atoms with Crippen molar-refractivity contribution in [2.45, 2.75) is 53.2 Å². The predicted molar refractivity (Wildman–Crippen MR) is 90.8 cm³/mol. The van der Waals surface area contributed by atoms with Gasteiger partial charge in [-0.05, 0) is 47.1 Å². The lowest BCUT2D eigenvalue weighted by Gasteiger charge is -2.40. The van der Waals surface area contributed by atoms with Crippen LogP contribution in [0.2, 0.25) is 0 Å². The van der Waals surface area contributed by atoms with Crippen LogP contribution in [0.3, 0.4) is 0 Å². The monoisotopic (exact) mass is 331 g/mol. The third kappa shape index (κ3) is 3.75. The zero-order chi connectivity index (χ0) is 18.1. The molecule has 1 aromatic rings. The Morgan fingerprint density at radius 3 is 2.50 bits per heavy atom. The van der Waals surface area contributed by atoms with Crippen LogP contribution in [0.15, 0.2) is 0 Å². The lowest BCUT2D eigenvalue weighted by molar-refractivity contribution is 0.0158. The molecule has 2 heterocycles. The maximum Gasteiger partial charge on any atom is 0.410 e. The SMILES string of the molecule is Cc1nnc(N2CCN(C(=O)OC(C)(C)C)[C@H](C)C2)c(C#N)c1C. The molecular weight excluding hydrogens is 306 g/mol. The molecule has 1 atom stereocenters. The molecule has 0 unspecified atom stereocenters. The van der Waals surface area contributed by atoms with Gasteiger partial charge in [0.15, 0.2) is 5.82 Å². The molecule has 7 heteroatoms. The fourth-order valence-electron chi connectivity index (χ4n) is 2.69. The van der Waals surface area contributed by atoms with Crippen LogP contribution in [0.1, 0.15) is 44.5 Å². The van der Waals surface area contributed by atoms with Gasteiger partial charge in [-0.3, -0.25) is 0 Å². The summed E-state index contributed by atoms with van der Waals surface area (Å²) >= 11 is 0. The Balaban J connectivity index is 2.16. The van der Waals surface area contributed by atoms with Crippen LogP contribution in [0.4, 0.5) is 10.6 Å². The maximum atomic E-state index is 12.3. The number of carbonyl (C=O) groups is 1. The molecule has 1 amide bonds. The molecule has 0 saturated carbocycles. The van der Waals surface area contributed by atoms with Crippen molar-refractivity contribution >= 4 is 11.9 Å². The minimum atomic E-state index is -0.512. The molecule has 1 aromatic heterocycles. The first-order chi connectivity index (χ1) is 11.1. The van der Waals surface area contributed by atoms with Crippen LogP contribution in [-0.4, -0.2) is 52.5 Å². The molecule has 1 fully saturated rings. The molecular formula is C17H25N5O2. The van der Waals surface area contributed by atoms with Crippen molar-refractivity contribution in [1.29, 1.82) is 5.26 Å². The Morgan fingerprint density at radius 1 is 1.29 bits per heavy atom. The van der Waals surface area contributed by atoms with Crippen LogP contribution in [0.5, 0.6) is 0 Å². The van der Waals surface area contributed by atoms with Gasteiger partial charge in [0.2, 0.25) is 0 Å². The molecule has 1 saturated heterocycles. The number of aromatic nitrogens is 2. The van der Waals surface area contributed by atoms with E-state index in [1.54, 1.807) is 4.90 Å². The van der Waals surface area contributed by atoms with Gasteiger partial charge in [-0.2, -0.15) is 10.4 Å². The van der Waals surface area contributed by atoms with Crippen LogP contribution in [0.25, 0.3) is 0 Å². The molecule has 24 heavy (non-hydrogen) atoms. The summed E-state index contributed by atoms with van der Waals surface area (Å²) in [5.74, 6) is 0.594. The Hall–Kier alpha value is -2.36. The second kappa shape index (κ2) is 6.63. The third-order valence-corrected chi connectivity index (χ3v) is 4.10. The van der Waals surface area contributed by atoms with Gasteiger partial charge < -0.3 is 14.5 Å². The first kappa shape index (κ1) is 18.0. The van der Waals surface area contributed by atoms with Gasteiger partial charge in [0.25, 0.3) is 0 Å². The zero-order valence-electron chi connectivity index (χ0n) is 15.3. The van der Waals surface area contributed by atoms with Gasteiger partial charge in [-0.15, -0.1) is 5.10 Å². The van der Waals surface area contributed by atoms with E-state index in [0.717, 1.165) is 11.3 Å². The van der Waals surface area contributed by atoms with Crippen molar-refractivity contribution in [3.05, 3.63) is 16.8 Å². The summed E-state index contributed by atoms with van der Waals surface area (Å²) in [6.45, 7) is 13.0. The molecule has 130 valence electrons. The summed E-state index contributed by atoms with van der Waals surface area (Å²) in [5.41, 5.74) is 1.66. The fraction of sp³-hybridized carbons (Fsp3) is 0.647. The molecule has 0 aromatic carbocycles. The number of ether oxygens (including phenoxy) is 1. The molecule has 0 bridgehead atoms. The van der Waals surface area contributed by atoms with Gasteiger partial charge in [0.05, 0.1) is 5.69 Å². The van der Waals surface area contributed by atoms with Crippen LogP contribution in [-0.2, 0) is 4.74 Å². The number of piperazine rings is 1. The quantitative estimate of drug-likeness (QED) is 0.786. The predicted octanol–water partition coefficient (Wildman–Crippen LogP) is 2.41. The van der Waals surface area contributed by atoms with Gasteiger partial charge in [-0.25, -0.2) is 4.79 Å². The Bertz CT molecular complexity index is 675. The van der Waals surface area contributed by atoms with E-state index in [0.29, 0.717) is 31.0 Å². The molecule has 7 nitrogen and oxygen atoms in total. The molecule has 0 spiro atoms. The number of carbonyl (C=O) groups excluding carboxylic acids is 1. The second-order valence-corrected chi connectivity index (χ2v) is 7.19. The van der Waals surface area contributed by atoms with E-state index < -0.39 is 5.60 Å². The van der Waals surface area contributed by atoms with E-state index in [2.05, 4.69) is 16.3 Å². The lowest BCUT2D eigenvalue weighted by atomic mass is 10.1. The summed E-state index contributed by atoms with van der Waals surface area (Å²) in [6, 6.07) is 2.19. The molecule has 0 radical (unpaired) electrons. The third-order valence-electron chi connectivity index (χ3n) is 4.10. The van der Waals surface area contributed by atoms with Crippen LogP contribution >= 0.6 is 0 Å². The average molecular weight is 331 g/mol. The number of rotatable bonds is 1. The van der Waals surface area contributed by atoms with Gasteiger partial charge in [0, 0.05) is 25.7 Å². The highest BCUT2D eigenvalue weighted by atomic mass is 16.6. The molecule has 1 aliphatic rings. The van der Waals surface area contributed by atoms with Crippen LogP contribution < -0.4 is 4.90 Å². The number of hydrogen-bond acceptors (Lipinski definition) is 6. The Morgan fingerprint density at radius 2 is 1.96 bits per heavy atom. The molecule has 1 aliphatic heterocycles. The van der Waals surface area contributed by atoms with E-state index in [1.807, 2.05) is 46.4 Å². The van der Waals surface area contributed by atoms with Crippen molar-refractivity contribution in [2.24, 2.45) is 0 Å². The molecule has 0 N–H and O–H groups in total. The van der Waals surface area contributed by atoms with Crippen molar-refractivity contribution in [2.75, 3.05) is 24.5 Å². The van der Waals surface area contributed by atoms with Crippen LogP contribution in [0, 0.1) is 25.2 Å². The van der Waals surface area contributed by atoms with E-state index in [9.17, 15) is 10.1 Å². The van der Waals surface area contributed by atoms with Crippen molar-refractivity contribution in [1.82, 2.24) is 15.1 Å². The minimum absolute atomic E-state index is 0.0384. The maximum absolute atomic E-state index is 12.3.